The van der Waals surface area contributed by atoms with Crippen molar-refractivity contribution >= 4 is 5.91 Å². The van der Waals surface area contributed by atoms with E-state index >= 15 is 0 Å². The van der Waals surface area contributed by atoms with Crippen molar-refractivity contribution in [1.29, 1.82) is 0 Å². The minimum absolute atomic E-state index is 0.0715. The van der Waals surface area contributed by atoms with Gasteiger partial charge >= 0.3 is 0 Å². The van der Waals surface area contributed by atoms with Gasteiger partial charge in [-0.05, 0) is 0 Å². The summed E-state index contributed by atoms with van der Waals surface area (Å²) in [6.45, 7) is 7.32. The Bertz CT molecular complexity index is 698. The normalized spacial score (nSPS) is 14.4. The molecule has 0 atom stereocenters. The molecule has 0 unspecified atom stereocenters. The van der Waals surface area contributed by atoms with Crippen LogP contribution in [0.25, 0.3) is 0 Å². The molecule has 2 aromatic rings. The molecule has 0 bridgehead atoms. The van der Waals surface area contributed by atoms with Gasteiger partial charge in [0, 0.05) is 43.2 Å². The molecule has 110 valence electrons. The average molecular weight is 285 g/mol. The highest BCUT2D eigenvalue weighted by Gasteiger charge is 2.29. The highest BCUT2D eigenvalue weighted by Crippen LogP contribution is 2.25. The lowest BCUT2D eigenvalue weighted by molar-refractivity contribution is 0.0734. The molecule has 1 amide bonds. The van der Waals surface area contributed by atoms with E-state index in [0.717, 1.165) is 17.1 Å². The SMILES string of the molecule is Cn1ccnc1C(=O)N1Cc2cnc(C(C)(C)C)nc2C1. The molecule has 0 N–H and O–H groups in total. The Kier molecular flexibility index (Phi) is 3.04. The average Bonchev–Trinajstić information content (AvgIpc) is 3.01. The van der Waals surface area contributed by atoms with E-state index in [9.17, 15) is 4.79 Å². The van der Waals surface area contributed by atoms with Crippen molar-refractivity contribution in [2.75, 3.05) is 0 Å². The number of amides is 1. The summed E-state index contributed by atoms with van der Waals surface area (Å²) in [5.74, 6) is 1.19. The van der Waals surface area contributed by atoms with E-state index in [-0.39, 0.29) is 11.3 Å². The maximum Gasteiger partial charge on any atom is 0.290 e. The molecule has 1 aliphatic heterocycles. The summed E-state index contributed by atoms with van der Waals surface area (Å²) in [7, 11) is 1.82. The standard InChI is InChI=1S/C15H19N5O/c1-15(2,3)14-17-7-10-8-20(9-11(10)18-14)13(21)12-16-5-6-19(12)4/h5-7H,8-9H2,1-4H3. The quantitative estimate of drug-likeness (QED) is 0.799. The summed E-state index contributed by atoms with van der Waals surface area (Å²) in [4.78, 5) is 27.4. The van der Waals surface area contributed by atoms with Gasteiger partial charge in [-0.1, -0.05) is 20.8 Å². The Morgan fingerprint density at radius 2 is 2.00 bits per heavy atom. The fourth-order valence-electron chi connectivity index (χ4n) is 2.37. The predicted octanol–water partition coefficient (Wildman–Crippen LogP) is 1.66. The van der Waals surface area contributed by atoms with Crippen LogP contribution in [0.5, 0.6) is 0 Å². The number of fused-ring (bicyclic) bond motifs is 1. The molecule has 0 saturated heterocycles. The highest BCUT2D eigenvalue weighted by atomic mass is 16.2. The second-order valence-corrected chi connectivity index (χ2v) is 6.44. The minimum Gasteiger partial charge on any atom is -0.330 e. The lowest BCUT2D eigenvalue weighted by atomic mass is 9.95. The fraction of sp³-hybridized carbons (Fsp3) is 0.467. The first-order valence-electron chi connectivity index (χ1n) is 6.98. The zero-order valence-electron chi connectivity index (χ0n) is 12.8. The highest BCUT2D eigenvalue weighted by molar-refractivity contribution is 5.91. The lowest BCUT2D eigenvalue weighted by Gasteiger charge is -2.16. The zero-order chi connectivity index (χ0) is 15.2. The maximum absolute atomic E-state index is 12.5. The van der Waals surface area contributed by atoms with E-state index in [0.29, 0.717) is 18.9 Å². The lowest BCUT2D eigenvalue weighted by Crippen LogP contribution is -2.27. The van der Waals surface area contributed by atoms with Crippen molar-refractivity contribution in [3.05, 3.63) is 41.5 Å². The maximum atomic E-state index is 12.5. The van der Waals surface area contributed by atoms with Gasteiger partial charge in [0.1, 0.15) is 5.82 Å². The number of aromatic nitrogens is 4. The van der Waals surface area contributed by atoms with Gasteiger partial charge in [0.05, 0.1) is 12.2 Å². The fourth-order valence-corrected chi connectivity index (χ4v) is 2.37. The predicted molar refractivity (Wildman–Crippen MR) is 77.5 cm³/mol. The number of carbonyl (C=O) groups is 1. The van der Waals surface area contributed by atoms with Gasteiger partial charge in [-0.15, -0.1) is 0 Å². The summed E-state index contributed by atoms with van der Waals surface area (Å²) >= 11 is 0. The Morgan fingerprint density at radius 1 is 1.24 bits per heavy atom. The third-order valence-electron chi connectivity index (χ3n) is 3.63. The molecule has 0 aromatic carbocycles. The summed E-state index contributed by atoms with van der Waals surface area (Å²) in [5.41, 5.74) is 1.87. The molecule has 0 radical (unpaired) electrons. The zero-order valence-corrected chi connectivity index (χ0v) is 12.8. The van der Waals surface area contributed by atoms with Crippen LogP contribution < -0.4 is 0 Å². The molecular formula is C15H19N5O. The molecule has 2 aromatic heterocycles. The second kappa shape index (κ2) is 4.65. The van der Waals surface area contributed by atoms with Gasteiger partial charge in [-0.3, -0.25) is 4.79 Å². The second-order valence-electron chi connectivity index (χ2n) is 6.44. The van der Waals surface area contributed by atoms with Crippen LogP contribution in [-0.4, -0.2) is 30.3 Å². The van der Waals surface area contributed by atoms with Crippen LogP contribution >= 0.6 is 0 Å². The van der Waals surface area contributed by atoms with Crippen molar-refractivity contribution in [2.24, 2.45) is 7.05 Å². The molecular weight excluding hydrogens is 266 g/mol. The van der Waals surface area contributed by atoms with Crippen LogP contribution in [0.3, 0.4) is 0 Å². The first-order valence-corrected chi connectivity index (χ1v) is 6.98. The summed E-state index contributed by atoms with van der Waals surface area (Å²) in [5, 5.41) is 0. The molecule has 21 heavy (non-hydrogen) atoms. The van der Waals surface area contributed by atoms with Crippen molar-refractivity contribution in [3.8, 4) is 0 Å². The smallest absolute Gasteiger partial charge is 0.290 e. The Labute approximate surface area is 123 Å². The molecule has 0 aliphatic carbocycles. The van der Waals surface area contributed by atoms with Crippen LogP contribution in [0.2, 0.25) is 0 Å². The van der Waals surface area contributed by atoms with E-state index in [1.165, 1.54) is 0 Å². The first kappa shape index (κ1) is 13.7. The van der Waals surface area contributed by atoms with E-state index in [2.05, 4.69) is 35.7 Å². The van der Waals surface area contributed by atoms with Gasteiger partial charge in [0.2, 0.25) is 0 Å². The number of hydrogen-bond acceptors (Lipinski definition) is 4. The largest absolute Gasteiger partial charge is 0.330 e. The van der Waals surface area contributed by atoms with Crippen LogP contribution in [0.4, 0.5) is 0 Å². The van der Waals surface area contributed by atoms with E-state index in [1.54, 1.807) is 21.9 Å². The number of imidazole rings is 1. The monoisotopic (exact) mass is 285 g/mol. The number of aryl methyl sites for hydroxylation is 1. The van der Waals surface area contributed by atoms with Crippen molar-refractivity contribution in [3.63, 3.8) is 0 Å². The van der Waals surface area contributed by atoms with E-state index in [4.69, 9.17) is 0 Å². The van der Waals surface area contributed by atoms with Crippen LogP contribution in [0.1, 0.15) is 48.5 Å². The van der Waals surface area contributed by atoms with Gasteiger partial charge in [0.15, 0.2) is 5.82 Å². The van der Waals surface area contributed by atoms with Crippen molar-refractivity contribution < 1.29 is 4.79 Å². The molecule has 1 aliphatic rings. The van der Waals surface area contributed by atoms with Crippen molar-refractivity contribution in [2.45, 2.75) is 39.3 Å². The molecule has 0 saturated carbocycles. The molecule has 0 fully saturated rings. The summed E-state index contributed by atoms with van der Waals surface area (Å²) in [6.07, 6.45) is 5.25. The van der Waals surface area contributed by atoms with Crippen LogP contribution in [-0.2, 0) is 25.6 Å². The van der Waals surface area contributed by atoms with Gasteiger partial charge in [0.25, 0.3) is 5.91 Å². The number of rotatable bonds is 1. The Balaban J connectivity index is 1.85. The summed E-state index contributed by atoms with van der Waals surface area (Å²) < 4.78 is 1.73. The van der Waals surface area contributed by atoms with E-state index in [1.807, 2.05) is 13.2 Å². The summed E-state index contributed by atoms with van der Waals surface area (Å²) in [6, 6.07) is 0. The number of hydrogen-bond donors (Lipinski definition) is 0. The molecule has 3 rings (SSSR count). The van der Waals surface area contributed by atoms with Gasteiger partial charge in [-0.2, -0.15) is 0 Å². The number of nitrogens with zero attached hydrogens (tertiary/aromatic N) is 5. The molecule has 3 heterocycles. The molecule has 0 spiro atoms. The van der Waals surface area contributed by atoms with Gasteiger partial charge in [-0.25, -0.2) is 15.0 Å². The minimum atomic E-state index is -0.0911. The topological polar surface area (TPSA) is 63.9 Å². The van der Waals surface area contributed by atoms with Crippen LogP contribution in [0, 0.1) is 0 Å². The number of carbonyl (C=O) groups excluding carboxylic acids is 1. The van der Waals surface area contributed by atoms with Crippen molar-refractivity contribution in [1.82, 2.24) is 24.4 Å². The third-order valence-corrected chi connectivity index (χ3v) is 3.63. The van der Waals surface area contributed by atoms with Gasteiger partial charge < -0.3 is 9.47 Å². The third kappa shape index (κ3) is 2.41. The Hall–Kier alpha value is -2.24. The first-order chi connectivity index (χ1) is 9.86. The Morgan fingerprint density at radius 3 is 2.62 bits per heavy atom. The molecule has 6 heteroatoms. The van der Waals surface area contributed by atoms with E-state index < -0.39 is 0 Å². The molecule has 6 nitrogen and oxygen atoms in total. The van der Waals surface area contributed by atoms with Crippen LogP contribution in [0.15, 0.2) is 18.6 Å².